The molecule has 7 nitrogen and oxygen atoms in total. The van der Waals surface area contributed by atoms with Gasteiger partial charge in [-0.3, -0.25) is 14.7 Å². The van der Waals surface area contributed by atoms with Gasteiger partial charge in [-0.2, -0.15) is 0 Å². The molecule has 0 unspecified atom stereocenters. The van der Waals surface area contributed by atoms with Gasteiger partial charge in [-0.25, -0.2) is 4.68 Å². The molecule has 0 saturated carbocycles. The number of H-pyrrole nitrogens is 1. The summed E-state index contributed by atoms with van der Waals surface area (Å²) < 4.78 is 1.38. The molecule has 2 N–H and O–H groups in total. The summed E-state index contributed by atoms with van der Waals surface area (Å²) in [6.45, 7) is 4.39. The fourth-order valence-corrected chi connectivity index (χ4v) is 4.26. The van der Waals surface area contributed by atoms with Gasteiger partial charge in [0.2, 0.25) is 0 Å². The monoisotopic (exact) mass is 370 g/mol. The summed E-state index contributed by atoms with van der Waals surface area (Å²) in [5.41, 5.74) is 0.738. The van der Waals surface area contributed by atoms with E-state index in [1.165, 1.54) is 23.6 Å². The van der Waals surface area contributed by atoms with Gasteiger partial charge in [0.25, 0.3) is 11.5 Å². The molecular formula is C20H26N4O3. The number of nitrogens with one attached hydrogen (secondary N) is 1. The van der Waals surface area contributed by atoms with Crippen LogP contribution >= 0.6 is 0 Å². The Kier molecular flexibility index (Phi) is 5.13. The maximum atomic E-state index is 12.9. The number of rotatable bonds is 5. The molecule has 2 atom stereocenters. The van der Waals surface area contributed by atoms with E-state index >= 15 is 0 Å². The van der Waals surface area contributed by atoms with E-state index < -0.39 is 0 Å². The second-order valence-electron chi connectivity index (χ2n) is 7.60. The van der Waals surface area contributed by atoms with Gasteiger partial charge in [0.1, 0.15) is 5.69 Å². The lowest BCUT2D eigenvalue weighted by Gasteiger charge is -2.22. The zero-order valence-corrected chi connectivity index (χ0v) is 15.4. The summed E-state index contributed by atoms with van der Waals surface area (Å²) in [7, 11) is 0. The Morgan fingerprint density at radius 3 is 2.52 bits per heavy atom. The second-order valence-corrected chi connectivity index (χ2v) is 7.60. The first-order valence-electron chi connectivity index (χ1n) is 9.65. The number of carbonyl (C=O) groups excluding carboxylic acids is 1. The fraction of sp³-hybridized carbons (Fsp3) is 0.500. The third-order valence-electron chi connectivity index (χ3n) is 5.75. The number of hydrogen-bond acceptors (Lipinski definition) is 4. The summed E-state index contributed by atoms with van der Waals surface area (Å²) in [5.74, 6) is 0.196. The van der Waals surface area contributed by atoms with Crippen LogP contribution in [0.15, 0.2) is 41.2 Å². The lowest BCUT2D eigenvalue weighted by molar-refractivity contribution is 0.0773. The van der Waals surface area contributed by atoms with Crippen LogP contribution in [0, 0.1) is 11.8 Å². The molecule has 0 aliphatic carbocycles. The summed E-state index contributed by atoms with van der Waals surface area (Å²) in [6.07, 6.45) is 2.46. The smallest absolute Gasteiger partial charge is 0.271 e. The molecule has 2 saturated heterocycles. The van der Waals surface area contributed by atoms with E-state index in [9.17, 15) is 14.7 Å². The van der Waals surface area contributed by atoms with Crippen LogP contribution in [0.5, 0.6) is 0 Å². The Labute approximate surface area is 158 Å². The quantitative estimate of drug-likeness (QED) is 0.821. The van der Waals surface area contributed by atoms with E-state index in [-0.39, 0.29) is 29.9 Å². The normalized spacial score (nSPS) is 23.2. The highest BCUT2D eigenvalue weighted by Gasteiger charge is 2.37. The van der Waals surface area contributed by atoms with Gasteiger partial charge >= 0.3 is 0 Å². The maximum Gasteiger partial charge on any atom is 0.271 e. The molecule has 0 spiro atoms. The topological polar surface area (TPSA) is 81.6 Å². The van der Waals surface area contributed by atoms with Crippen molar-refractivity contribution < 1.29 is 9.90 Å². The minimum absolute atomic E-state index is 0.0871. The summed E-state index contributed by atoms with van der Waals surface area (Å²) in [6, 6.07) is 10.6. The van der Waals surface area contributed by atoms with Gasteiger partial charge in [0, 0.05) is 38.2 Å². The first-order chi connectivity index (χ1) is 13.2. The molecule has 1 amide bonds. The number of aliphatic hydroxyl groups excluding tert-OH is 1. The molecule has 1 aromatic carbocycles. The van der Waals surface area contributed by atoms with Crippen LogP contribution in [-0.2, 0) is 0 Å². The highest BCUT2D eigenvalue weighted by atomic mass is 16.3. The standard InChI is InChI=1S/C20H26N4O3/c25-14-16-13-23(12-15(16)11-22-8-4-5-9-22)20(27)18-10-19(26)24(21-18)17-6-2-1-3-7-17/h1-3,6-7,10,15-16,21,25H,4-5,8-9,11-14H2/t15-,16-/m1/s1. The van der Waals surface area contributed by atoms with Crippen molar-refractivity contribution in [1.29, 1.82) is 0 Å². The number of aromatic amines is 1. The summed E-state index contributed by atoms with van der Waals surface area (Å²) >= 11 is 0. The number of carbonyl (C=O) groups is 1. The second kappa shape index (κ2) is 7.70. The number of benzene rings is 1. The summed E-state index contributed by atoms with van der Waals surface area (Å²) in [4.78, 5) is 29.4. The van der Waals surface area contributed by atoms with Gasteiger partial charge in [0.15, 0.2) is 0 Å². The first kappa shape index (κ1) is 18.0. The van der Waals surface area contributed by atoms with Crippen LogP contribution in [0.2, 0.25) is 0 Å². The average Bonchev–Trinajstić information content (AvgIpc) is 3.42. The Morgan fingerprint density at radius 2 is 1.81 bits per heavy atom. The van der Waals surface area contributed by atoms with Gasteiger partial charge in [-0.15, -0.1) is 0 Å². The number of hydrogen-bond donors (Lipinski definition) is 2. The lowest BCUT2D eigenvalue weighted by atomic mass is 9.96. The van der Waals surface area contributed by atoms with Crippen LogP contribution in [0.3, 0.4) is 0 Å². The SMILES string of the molecule is O=C(c1cc(=O)n(-c2ccccc2)[nH]1)N1C[C@@H](CN2CCCC2)[C@@H](CO)C1. The van der Waals surface area contributed by atoms with E-state index in [0.29, 0.717) is 24.5 Å². The minimum atomic E-state index is -0.254. The van der Waals surface area contributed by atoms with Crippen molar-refractivity contribution in [2.24, 2.45) is 11.8 Å². The molecule has 3 heterocycles. The van der Waals surface area contributed by atoms with Crippen molar-refractivity contribution in [3.63, 3.8) is 0 Å². The van der Waals surface area contributed by atoms with E-state index in [0.717, 1.165) is 19.6 Å². The predicted octanol–water partition coefficient (Wildman–Crippen LogP) is 0.942. The average molecular weight is 370 g/mol. The number of para-hydroxylation sites is 1. The van der Waals surface area contributed by atoms with Gasteiger partial charge in [-0.05, 0) is 44.0 Å². The first-order valence-corrected chi connectivity index (χ1v) is 9.65. The van der Waals surface area contributed by atoms with Gasteiger partial charge in [0.05, 0.1) is 5.69 Å². The number of likely N-dealkylation sites (tertiary alicyclic amines) is 2. The zero-order valence-electron chi connectivity index (χ0n) is 15.4. The molecule has 27 heavy (non-hydrogen) atoms. The van der Waals surface area contributed by atoms with Crippen molar-refractivity contribution in [3.8, 4) is 5.69 Å². The Hall–Kier alpha value is -2.38. The van der Waals surface area contributed by atoms with Crippen molar-refractivity contribution in [2.75, 3.05) is 39.3 Å². The molecule has 0 bridgehead atoms. The van der Waals surface area contributed by atoms with Crippen molar-refractivity contribution in [1.82, 2.24) is 19.6 Å². The molecule has 7 heteroatoms. The molecule has 2 aliphatic heterocycles. The zero-order chi connectivity index (χ0) is 18.8. The Balaban J connectivity index is 1.49. The van der Waals surface area contributed by atoms with Crippen molar-refractivity contribution in [2.45, 2.75) is 12.8 Å². The summed E-state index contributed by atoms with van der Waals surface area (Å²) in [5, 5.41) is 12.7. The van der Waals surface area contributed by atoms with Crippen LogP contribution in [0.4, 0.5) is 0 Å². The molecular weight excluding hydrogens is 344 g/mol. The Bertz CT molecular complexity index is 838. The molecule has 2 aromatic rings. The molecule has 2 fully saturated rings. The number of aliphatic hydroxyl groups is 1. The third kappa shape index (κ3) is 3.70. The number of aromatic nitrogens is 2. The van der Waals surface area contributed by atoms with E-state index in [1.807, 2.05) is 30.3 Å². The van der Waals surface area contributed by atoms with Crippen LogP contribution in [-0.4, -0.2) is 69.9 Å². The molecule has 144 valence electrons. The fourth-order valence-electron chi connectivity index (χ4n) is 4.26. The Morgan fingerprint density at radius 1 is 1.11 bits per heavy atom. The highest BCUT2D eigenvalue weighted by Crippen LogP contribution is 2.26. The van der Waals surface area contributed by atoms with Crippen molar-refractivity contribution in [3.05, 3.63) is 52.4 Å². The minimum Gasteiger partial charge on any atom is -0.396 e. The third-order valence-corrected chi connectivity index (χ3v) is 5.75. The molecule has 0 radical (unpaired) electrons. The van der Waals surface area contributed by atoms with Crippen LogP contribution in [0.1, 0.15) is 23.3 Å². The lowest BCUT2D eigenvalue weighted by Crippen LogP contribution is -2.33. The van der Waals surface area contributed by atoms with Gasteiger partial charge in [-0.1, -0.05) is 18.2 Å². The van der Waals surface area contributed by atoms with E-state index in [1.54, 1.807) is 4.90 Å². The predicted molar refractivity (Wildman–Crippen MR) is 102 cm³/mol. The molecule has 1 aromatic heterocycles. The van der Waals surface area contributed by atoms with Crippen molar-refractivity contribution >= 4 is 5.91 Å². The maximum absolute atomic E-state index is 12.9. The number of amides is 1. The molecule has 2 aliphatic rings. The van der Waals surface area contributed by atoms with Crippen LogP contribution in [0.25, 0.3) is 5.69 Å². The highest BCUT2D eigenvalue weighted by molar-refractivity contribution is 5.92. The van der Waals surface area contributed by atoms with E-state index in [4.69, 9.17) is 0 Å². The van der Waals surface area contributed by atoms with E-state index in [2.05, 4.69) is 10.00 Å². The van der Waals surface area contributed by atoms with Crippen LogP contribution < -0.4 is 5.56 Å². The number of nitrogens with zero attached hydrogens (tertiary/aromatic N) is 3. The molecule has 4 rings (SSSR count). The van der Waals surface area contributed by atoms with Gasteiger partial charge < -0.3 is 14.9 Å². The largest absolute Gasteiger partial charge is 0.396 e.